The third kappa shape index (κ3) is 5.73. The van der Waals surface area contributed by atoms with Crippen molar-refractivity contribution in [2.75, 3.05) is 38.0 Å². The molecular formula is C21H28FN7O. The topological polar surface area (TPSA) is 87.5 Å². The Morgan fingerprint density at radius 1 is 1.07 bits per heavy atom. The number of nitrogens with one attached hydrogen (secondary N) is 2. The SMILES string of the molecule is CCN(CC)CCCNc1ccc2nnc(CCNC(=O)c3ccc(F)cc3)n2n1. The first-order valence-corrected chi connectivity index (χ1v) is 10.3. The van der Waals surface area contributed by atoms with Crippen molar-refractivity contribution in [3.05, 3.63) is 53.6 Å². The summed E-state index contributed by atoms with van der Waals surface area (Å²) in [5.74, 6) is 0.798. The Morgan fingerprint density at radius 2 is 1.83 bits per heavy atom. The highest BCUT2D eigenvalue weighted by Crippen LogP contribution is 2.08. The molecule has 0 aliphatic heterocycles. The van der Waals surface area contributed by atoms with Crippen LogP contribution in [0.5, 0.6) is 0 Å². The summed E-state index contributed by atoms with van der Waals surface area (Å²) in [5, 5.41) is 19.0. The maximum atomic E-state index is 13.0. The molecule has 1 amide bonds. The van der Waals surface area contributed by atoms with Gasteiger partial charge in [0.05, 0.1) is 0 Å². The quantitative estimate of drug-likeness (QED) is 0.470. The fraction of sp³-hybridized carbons (Fsp3) is 0.429. The number of carbonyl (C=O) groups is 1. The van der Waals surface area contributed by atoms with Crippen molar-refractivity contribution in [2.24, 2.45) is 0 Å². The number of anilines is 1. The van der Waals surface area contributed by atoms with E-state index in [2.05, 4.69) is 44.7 Å². The van der Waals surface area contributed by atoms with Gasteiger partial charge in [0, 0.05) is 25.1 Å². The van der Waals surface area contributed by atoms with Crippen LogP contribution in [-0.2, 0) is 6.42 Å². The lowest BCUT2D eigenvalue weighted by atomic mass is 10.2. The first-order chi connectivity index (χ1) is 14.6. The molecule has 0 fully saturated rings. The largest absolute Gasteiger partial charge is 0.369 e. The predicted octanol–water partition coefficient (Wildman–Crippen LogP) is 2.38. The molecule has 0 spiro atoms. The summed E-state index contributed by atoms with van der Waals surface area (Å²) in [7, 11) is 0. The number of halogens is 1. The van der Waals surface area contributed by atoms with Gasteiger partial charge in [0.1, 0.15) is 11.6 Å². The molecule has 0 saturated heterocycles. The molecular weight excluding hydrogens is 385 g/mol. The highest BCUT2D eigenvalue weighted by Gasteiger charge is 2.10. The van der Waals surface area contributed by atoms with Crippen LogP contribution in [0.15, 0.2) is 36.4 Å². The third-order valence-electron chi connectivity index (χ3n) is 4.92. The first kappa shape index (κ1) is 21.6. The summed E-state index contributed by atoms with van der Waals surface area (Å²) in [4.78, 5) is 14.5. The number of amides is 1. The van der Waals surface area contributed by atoms with E-state index in [1.54, 1.807) is 4.52 Å². The van der Waals surface area contributed by atoms with Crippen molar-refractivity contribution in [3.63, 3.8) is 0 Å². The minimum atomic E-state index is -0.370. The van der Waals surface area contributed by atoms with Crippen molar-refractivity contribution in [2.45, 2.75) is 26.7 Å². The van der Waals surface area contributed by atoms with Crippen molar-refractivity contribution in [1.82, 2.24) is 30.0 Å². The molecule has 2 aromatic heterocycles. The number of benzene rings is 1. The number of carbonyl (C=O) groups excluding carboxylic acids is 1. The molecule has 160 valence electrons. The van der Waals surface area contributed by atoms with Gasteiger partial charge in [-0.15, -0.1) is 15.3 Å². The number of aromatic nitrogens is 4. The number of nitrogens with zero attached hydrogens (tertiary/aromatic N) is 5. The van der Waals surface area contributed by atoms with Crippen LogP contribution in [0.1, 0.15) is 36.5 Å². The van der Waals surface area contributed by atoms with Gasteiger partial charge in [0.2, 0.25) is 0 Å². The second-order valence-corrected chi connectivity index (χ2v) is 6.92. The van der Waals surface area contributed by atoms with E-state index in [9.17, 15) is 9.18 Å². The molecule has 3 rings (SSSR count). The van der Waals surface area contributed by atoms with E-state index in [0.29, 0.717) is 30.0 Å². The molecule has 2 heterocycles. The summed E-state index contributed by atoms with van der Waals surface area (Å²) in [6.07, 6.45) is 1.51. The smallest absolute Gasteiger partial charge is 0.251 e. The third-order valence-corrected chi connectivity index (χ3v) is 4.92. The minimum Gasteiger partial charge on any atom is -0.369 e. The van der Waals surface area contributed by atoms with E-state index >= 15 is 0 Å². The minimum absolute atomic E-state index is 0.257. The standard InChI is InChI=1S/C21H28FN7O/c1-3-28(4-2)15-5-13-23-18-10-11-19-25-26-20(29(19)27-18)12-14-24-21(30)16-6-8-17(22)9-7-16/h6-11H,3-5,12-15H2,1-2H3,(H,23,27)(H,24,30). The molecule has 9 heteroatoms. The first-order valence-electron chi connectivity index (χ1n) is 10.3. The second-order valence-electron chi connectivity index (χ2n) is 6.92. The fourth-order valence-electron chi connectivity index (χ4n) is 3.13. The summed E-state index contributed by atoms with van der Waals surface area (Å²) >= 11 is 0. The molecule has 0 bridgehead atoms. The average Bonchev–Trinajstić information content (AvgIpc) is 3.16. The van der Waals surface area contributed by atoms with E-state index in [4.69, 9.17) is 0 Å². The Balaban J connectivity index is 1.53. The van der Waals surface area contributed by atoms with E-state index in [1.165, 1.54) is 24.3 Å². The van der Waals surface area contributed by atoms with Crippen LogP contribution in [0.2, 0.25) is 0 Å². The normalized spacial score (nSPS) is 11.2. The van der Waals surface area contributed by atoms with E-state index < -0.39 is 0 Å². The van der Waals surface area contributed by atoms with Crippen molar-refractivity contribution in [1.29, 1.82) is 0 Å². The van der Waals surface area contributed by atoms with Crippen LogP contribution in [0, 0.1) is 5.82 Å². The molecule has 0 aliphatic carbocycles. The van der Waals surface area contributed by atoms with E-state index in [1.807, 2.05) is 12.1 Å². The Labute approximate surface area is 175 Å². The van der Waals surface area contributed by atoms with Crippen LogP contribution in [-0.4, -0.2) is 63.3 Å². The van der Waals surface area contributed by atoms with Crippen LogP contribution in [0.25, 0.3) is 5.65 Å². The van der Waals surface area contributed by atoms with Crippen molar-refractivity contribution < 1.29 is 9.18 Å². The van der Waals surface area contributed by atoms with Gasteiger partial charge in [-0.25, -0.2) is 4.39 Å². The molecule has 0 aliphatic rings. The van der Waals surface area contributed by atoms with Gasteiger partial charge in [0.25, 0.3) is 5.91 Å². The lowest BCUT2D eigenvalue weighted by Gasteiger charge is -2.17. The van der Waals surface area contributed by atoms with E-state index in [0.717, 1.165) is 38.4 Å². The van der Waals surface area contributed by atoms with Gasteiger partial charge in [-0.2, -0.15) is 4.52 Å². The van der Waals surface area contributed by atoms with Crippen molar-refractivity contribution in [3.8, 4) is 0 Å². The maximum Gasteiger partial charge on any atom is 0.251 e. The fourth-order valence-corrected chi connectivity index (χ4v) is 3.13. The highest BCUT2D eigenvalue weighted by molar-refractivity contribution is 5.94. The lowest BCUT2D eigenvalue weighted by Crippen LogP contribution is -2.26. The number of hydrogen-bond donors (Lipinski definition) is 2. The van der Waals surface area contributed by atoms with Gasteiger partial charge in [-0.3, -0.25) is 4.79 Å². The Morgan fingerprint density at radius 3 is 2.57 bits per heavy atom. The Hall–Kier alpha value is -3.07. The highest BCUT2D eigenvalue weighted by atomic mass is 19.1. The van der Waals surface area contributed by atoms with Gasteiger partial charge in [-0.1, -0.05) is 13.8 Å². The summed E-state index contributed by atoms with van der Waals surface area (Å²) < 4.78 is 14.7. The molecule has 30 heavy (non-hydrogen) atoms. The zero-order valence-corrected chi connectivity index (χ0v) is 17.4. The van der Waals surface area contributed by atoms with Crippen LogP contribution in [0.3, 0.4) is 0 Å². The van der Waals surface area contributed by atoms with Crippen LogP contribution >= 0.6 is 0 Å². The zero-order chi connectivity index (χ0) is 21.3. The molecule has 8 nitrogen and oxygen atoms in total. The lowest BCUT2D eigenvalue weighted by molar-refractivity contribution is 0.0954. The van der Waals surface area contributed by atoms with Gasteiger partial charge >= 0.3 is 0 Å². The maximum absolute atomic E-state index is 13.0. The van der Waals surface area contributed by atoms with Gasteiger partial charge in [-0.05, 0) is 62.5 Å². The molecule has 1 aromatic carbocycles. The van der Waals surface area contributed by atoms with Gasteiger partial charge in [0.15, 0.2) is 11.5 Å². The summed E-state index contributed by atoms with van der Waals surface area (Å²) in [6.45, 7) is 8.71. The predicted molar refractivity (Wildman–Crippen MR) is 114 cm³/mol. The van der Waals surface area contributed by atoms with Crippen LogP contribution in [0.4, 0.5) is 10.2 Å². The number of hydrogen-bond acceptors (Lipinski definition) is 6. The van der Waals surface area contributed by atoms with E-state index in [-0.39, 0.29) is 11.7 Å². The number of rotatable bonds is 11. The molecule has 0 saturated carbocycles. The molecule has 0 unspecified atom stereocenters. The molecule has 0 atom stereocenters. The number of fused-ring (bicyclic) bond motifs is 1. The summed E-state index contributed by atoms with van der Waals surface area (Å²) in [6, 6.07) is 9.20. The Kier molecular flexibility index (Phi) is 7.67. The van der Waals surface area contributed by atoms with Crippen LogP contribution < -0.4 is 10.6 Å². The molecule has 0 radical (unpaired) electrons. The molecule has 2 N–H and O–H groups in total. The monoisotopic (exact) mass is 413 g/mol. The van der Waals surface area contributed by atoms with Crippen molar-refractivity contribution >= 4 is 17.4 Å². The zero-order valence-electron chi connectivity index (χ0n) is 17.4. The summed E-state index contributed by atoms with van der Waals surface area (Å²) in [5.41, 5.74) is 1.07. The molecule has 3 aromatic rings. The average molecular weight is 414 g/mol. The second kappa shape index (κ2) is 10.6. The Bertz CT molecular complexity index is 954. The van der Waals surface area contributed by atoms with Gasteiger partial charge < -0.3 is 15.5 Å².